The highest BCUT2D eigenvalue weighted by atomic mass is 32.2. The predicted octanol–water partition coefficient (Wildman–Crippen LogP) is 2.38. The Kier molecular flexibility index (Phi) is 6.83. The van der Waals surface area contributed by atoms with Gasteiger partial charge >= 0.3 is 0 Å². The number of amides is 1. The minimum Gasteiger partial charge on any atom is -0.378 e. The van der Waals surface area contributed by atoms with Gasteiger partial charge in [-0.25, -0.2) is 12.8 Å². The molecule has 0 aromatic heterocycles. The van der Waals surface area contributed by atoms with E-state index in [1.54, 1.807) is 6.07 Å². The van der Waals surface area contributed by atoms with Crippen LogP contribution in [0.4, 0.5) is 15.8 Å². The number of hydrogen-bond donors (Lipinski definition) is 2. The zero-order valence-corrected chi connectivity index (χ0v) is 15.7. The Bertz CT molecular complexity index is 1020. The molecule has 0 fully saturated rings. The second kappa shape index (κ2) is 9.09. The van der Waals surface area contributed by atoms with Crippen LogP contribution in [0.2, 0.25) is 0 Å². The summed E-state index contributed by atoms with van der Waals surface area (Å²) in [6.45, 7) is 0.343. The molecule has 0 radical (unpaired) electrons. The second-order valence-electron chi connectivity index (χ2n) is 5.81. The molecule has 28 heavy (non-hydrogen) atoms. The lowest BCUT2D eigenvalue weighted by Gasteiger charge is -2.08. The Morgan fingerprint density at radius 2 is 1.96 bits per heavy atom. The van der Waals surface area contributed by atoms with Gasteiger partial charge in [0.2, 0.25) is 5.91 Å². The van der Waals surface area contributed by atoms with Gasteiger partial charge in [-0.05, 0) is 35.9 Å². The van der Waals surface area contributed by atoms with Crippen molar-refractivity contribution in [2.24, 2.45) is 0 Å². The second-order valence-corrected chi connectivity index (χ2v) is 7.83. The number of nitro groups is 1. The molecule has 0 heterocycles. The van der Waals surface area contributed by atoms with Gasteiger partial charge in [-0.15, -0.1) is 0 Å². The Morgan fingerprint density at radius 1 is 1.21 bits per heavy atom. The van der Waals surface area contributed by atoms with Gasteiger partial charge in [0.25, 0.3) is 5.69 Å². The van der Waals surface area contributed by atoms with Gasteiger partial charge in [-0.2, -0.15) is 0 Å². The highest BCUT2D eigenvalue weighted by molar-refractivity contribution is 7.90. The summed E-state index contributed by atoms with van der Waals surface area (Å²) in [6.07, 6.45) is 3.67. The van der Waals surface area contributed by atoms with E-state index in [1.807, 2.05) is 0 Å². The average molecular weight is 407 g/mol. The number of carbonyl (C=O) groups is 1. The molecule has 2 N–H and O–H groups in total. The Hall–Kier alpha value is -3.27. The molecule has 0 unspecified atom stereocenters. The summed E-state index contributed by atoms with van der Waals surface area (Å²) in [7, 11) is -3.56. The van der Waals surface area contributed by atoms with Crippen LogP contribution >= 0.6 is 0 Å². The number of nitro benzene ring substituents is 1. The Labute approximate surface area is 161 Å². The number of nitrogens with one attached hydrogen (secondary N) is 2. The number of sulfone groups is 1. The minimum atomic E-state index is -3.56. The standard InChI is InChI=1S/C18H18FN3O5S/c1-28(26,27)15-6-7-16(17(12-15)22(24)25)20-9-10-21-18(23)8-5-13-3-2-4-14(19)11-13/h2-8,11-12,20H,9-10H2,1H3,(H,21,23)/b8-5+. The van der Waals surface area contributed by atoms with Crippen LogP contribution in [0.25, 0.3) is 6.08 Å². The molecule has 0 aliphatic rings. The Morgan fingerprint density at radius 3 is 2.61 bits per heavy atom. The third kappa shape index (κ3) is 6.16. The van der Waals surface area contributed by atoms with E-state index >= 15 is 0 Å². The van der Waals surface area contributed by atoms with Crippen LogP contribution in [0, 0.1) is 15.9 Å². The van der Waals surface area contributed by atoms with Crippen molar-refractivity contribution < 1.29 is 22.5 Å². The third-order valence-corrected chi connectivity index (χ3v) is 4.72. The molecule has 0 aliphatic carbocycles. The zero-order valence-electron chi connectivity index (χ0n) is 14.9. The molecule has 0 atom stereocenters. The van der Waals surface area contributed by atoms with E-state index < -0.39 is 26.5 Å². The molecule has 0 spiro atoms. The van der Waals surface area contributed by atoms with Crippen molar-refractivity contribution in [1.29, 1.82) is 0 Å². The molecule has 1 amide bonds. The van der Waals surface area contributed by atoms with Crippen LogP contribution in [0.1, 0.15) is 5.56 Å². The normalized spacial score (nSPS) is 11.4. The predicted molar refractivity (Wildman–Crippen MR) is 103 cm³/mol. The third-order valence-electron chi connectivity index (χ3n) is 3.61. The fraction of sp³-hybridized carbons (Fsp3) is 0.167. The minimum absolute atomic E-state index is 0.141. The number of halogens is 1. The van der Waals surface area contributed by atoms with E-state index in [9.17, 15) is 27.7 Å². The van der Waals surface area contributed by atoms with Gasteiger partial charge in [0, 0.05) is 31.5 Å². The quantitative estimate of drug-likeness (QED) is 0.300. The molecule has 0 saturated heterocycles. The van der Waals surface area contributed by atoms with Gasteiger partial charge in [-0.1, -0.05) is 12.1 Å². The lowest BCUT2D eigenvalue weighted by atomic mass is 10.2. The van der Waals surface area contributed by atoms with E-state index in [0.29, 0.717) is 5.56 Å². The van der Waals surface area contributed by atoms with E-state index in [-0.39, 0.29) is 29.4 Å². The number of benzene rings is 2. The molecule has 148 valence electrons. The molecule has 2 aromatic rings. The summed E-state index contributed by atoms with van der Waals surface area (Å²) in [6, 6.07) is 9.31. The van der Waals surface area contributed by atoms with Crippen molar-refractivity contribution >= 4 is 33.2 Å². The summed E-state index contributed by atoms with van der Waals surface area (Å²) < 4.78 is 36.1. The summed E-state index contributed by atoms with van der Waals surface area (Å²) >= 11 is 0. The first kappa shape index (κ1) is 21.0. The number of anilines is 1. The molecular formula is C18H18FN3O5S. The fourth-order valence-electron chi connectivity index (χ4n) is 2.27. The Balaban J connectivity index is 1.91. The van der Waals surface area contributed by atoms with E-state index in [2.05, 4.69) is 10.6 Å². The van der Waals surface area contributed by atoms with E-state index in [4.69, 9.17) is 0 Å². The maximum Gasteiger partial charge on any atom is 0.293 e. The maximum atomic E-state index is 13.1. The maximum absolute atomic E-state index is 13.1. The topological polar surface area (TPSA) is 118 Å². The van der Waals surface area contributed by atoms with Crippen molar-refractivity contribution in [3.63, 3.8) is 0 Å². The van der Waals surface area contributed by atoms with Crippen LogP contribution in [-0.4, -0.2) is 38.6 Å². The van der Waals surface area contributed by atoms with Crippen molar-refractivity contribution in [3.8, 4) is 0 Å². The van der Waals surface area contributed by atoms with Gasteiger partial charge in [0.05, 0.1) is 9.82 Å². The van der Waals surface area contributed by atoms with Crippen molar-refractivity contribution in [1.82, 2.24) is 5.32 Å². The first-order valence-corrected chi connectivity index (χ1v) is 10.00. The monoisotopic (exact) mass is 407 g/mol. The highest BCUT2D eigenvalue weighted by Crippen LogP contribution is 2.27. The van der Waals surface area contributed by atoms with Gasteiger partial charge in [0.15, 0.2) is 9.84 Å². The highest BCUT2D eigenvalue weighted by Gasteiger charge is 2.18. The van der Waals surface area contributed by atoms with Gasteiger partial charge < -0.3 is 10.6 Å². The van der Waals surface area contributed by atoms with Crippen molar-refractivity contribution in [3.05, 3.63) is 70.0 Å². The smallest absolute Gasteiger partial charge is 0.293 e. The zero-order chi connectivity index (χ0) is 20.7. The van der Waals surface area contributed by atoms with Crippen LogP contribution in [0.3, 0.4) is 0 Å². The van der Waals surface area contributed by atoms with Crippen LogP contribution in [0.5, 0.6) is 0 Å². The van der Waals surface area contributed by atoms with E-state index in [1.165, 1.54) is 42.5 Å². The first-order valence-electron chi connectivity index (χ1n) is 8.10. The lowest BCUT2D eigenvalue weighted by molar-refractivity contribution is -0.384. The molecule has 0 saturated carbocycles. The first-order chi connectivity index (χ1) is 13.2. The van der Waals surface area contributed by atoms with Crippen molar-refractivity contribution in [2.75, 3.05) is 24.7 Å². The fourth-order valence-corrected chi connectivity index (χ4v) is 2.91. The average Bonchev–Trinajstić information content (AvgIpc) is 2.62. The number of rotatable bonds is 8. The van der Waals surface area contributed by atoms with Gasteiger partial charge in [0.1, 0.15) is 11.5 Å². The summed E-state index contributed by atoms with van der Waals surface area (Å²) in [5, 5.41) is 16.5. The number of hydrogen-bond acceptors (Lipinski definition) is 6. The molecule has 2 aromatic carbocycles. The molecule has 10 heteroatoms. The molecule has 0 aliphatic heterocycles. The molecule has 0 bridgehead atoms. The summed E-state index contributed by atoms with van der Waals surface area (Å²) in [4.78, 5) is 22.1. The number of nitrogens with zero attached hydrogens (tertiary/aromatic N) is 1. The van der Waals surface area contributed by atoms with Gasteiger partial charge in [-0.3, -0.25) is 14.9 Å². The summed E-state index contributed by atoms with van der Waals surface area (Å²) in [5.74, 6) is -0.816. The largest absolute Gasteiger partial charge is 0.378 e. The molecule has 2 rings (SSSR count). The van der Waals surface area contributed by atoms with Crippen LogP contribution < -0.4 is 10.6 Å². The molecule has 8 nitrogen and oxygen atoms in total. The lowest BCUT2D eigenvalue weighted by Crippen LogP contribution is -2.27. The summed E-state index contributed by atoms with van der Waals surface area (Å²) in [5.41, 5.74) is 0.303. The number of carbonyl (C=O) groups excluding carboxylic acids is 1. The van der Waals surface area contributed by atoms with Crippen LogP contribution in [0.15, 0.2) is 53.4 Å². The van der Waals surface area contributed by atoms with Crippen LogP contribution in [-0.2, 0) is 14.6 Å². The molecular weight excluding hydrogens is 389 g/mol. The SMILES string of the molecule is CS(=O)(=O)c1ccc(NCCNC(=O)/C=C/c2cccc(F)c2)c([N+](=O)[O-])c1. The van der Waals surface area contributed by atoms with E-state index in [0.717, 1.165) is 12.3 Å². The van der Waals surface area contributed by atoms with Crippen molar-refractivity contribution in [2.45, 2.75) is 4.90 Å².